The zero-order valence-corrected chi connectivity index (χ0v) is 16.3. The topological polar surface area (TPSA) is 122 Å². The minimum atomic E-state index is -3.99. The second-order valence-corrected chi connectivity index (χ2v) is 8.54. The van der Waals surface area contributed by atoms with Crippen molar-refractivity contribution < 1.29 is 22.7 Å². The Balaban J connectivity index is 2.44. The maximum atomic E-state index is 13.0. The van der Waals surface area contributed by atoms with Crippen LogP contribution in [0, 0.1) is 11.7 Å². The second-order valence-electron chi connectivity index (χ2n) is 6.40. The van der Waals surface area contributed by atoms with Crippen LogP contribution in [0.4, 0.5) is 4.39 Å². The molecule has 0 saturated heterocycles. The first kappa shape index (κ1) is 22.8. The lowest BCUT2D eigenvalue weighted by Crippen LogP contribution is -2.42. The number of benzene rings is 1. The second kappa shape index (κ2) is 10.2. The fourth-order valence-corrected chi connectivity index (χ4v) is 3.79. The third-order valence-corrected chi connectivity index (χ3v) is 5.44. The molecule has 1 aromatic carbocycles. The van der Waals surface area contributed by atoms with Crippen LogP contribution in [0.5, 0.6) is 0 Å². The van der Waals surface area contributed by atoms with Crippen molar-refractivity contribution in [1.82, 2.24) is 10.0 Å². The lowest BCUT2D eigenvalue weighted by Gasteiger charge is -2.16. The summed E-state index contributed by atoms with van der Waals surface area (Å²) in [5, 5.41) is 12.2. The summed E-state index contributed by atoms with van der Waals surface area (Å²) in [4.78, 5) is 11.5. The average Bonchev–Trinajstić information content (AvgIpc) is 2.51. The minimum Gasteiger partial charge on any atom is -0.392 e. The molecule has 1 amide bonds. The molecule has 7 nitrogen and oxygen atoms in total. The van der Waals surface area contributed by atoms with E-state index in [0.717, 1.165) is 18.2 Å². The number of nitrogens with one attached hydrogen (secondary N) is 2. The van der Waals surface area contributed by atoms with Gasteiger partial charge in [0.1, 0.15) is 10.7 Å². The SMILES string of the molecule is CC(C)C[C@H](N)C(=O)NCC[C@H](O)CNS(=O)(=O)c1ccc(F)cc1Cl. The predicted octanol–water partition coefficient (Wildman–Crippen LogP) is 0.998. The number of carbonyl (C=O) groups excluding carboxylic acids is 1. The van der Waals surface area contributed by atoms with Crippen LogP contribution < -0.4 is 15.8 Å². The molecule has 26 heavy (non-hydrogen) atoms. The van der Waals surface area contributed by atoms with Crippen molar-refractivity contribution in [2.45, 2.75) is 43.7 Å². The molecule has 0 spiro atoms. The van der Waals surface area contributed by atoms with Gasteiger partial charge in [0, 0.05) is 13.1 Å². The Kier molecular flexibility index (Phi) is 8.91. The predicted molar refractivity (Wildman–Crippen MR) is 97.7 cm³/mol. The third-order valence-electron chi connectivity index (χ3n) is 3.53. The molecule has 0 bridgehead atoms. The molecule has 10 heteroatoms. The molecule has 0 saturated carbocycles. The van der Waals surface area contributed by atoms with Gasteiger partial charge in [-0.25, -0.2) is 17.5 Å². The maximum Gasteiger partial charge on any atom is 0.242 e. The van der Waals surface area contributed by atoms with Gasteiger partial charge in [-0.3, -0.25) is 4.79 Å². The Morgan fingerprint density at radius 2 is 2.04 bits per heavy atom. The van der Waals surface area contributed by atoms with Crippen molar-refractivity contribution in [3.05, 3.63) is 29.0 Å². The van der Waals surface area contributed by atoms with Crippen LogP contribution in [0.1, 0.15) is 26.7 Å². The first-order valence-corrected chi connectivity index (χ1v) is 10.0. The van der Waals surface area contributed by atoms with Crippen LogP contribution in [0.25, 0.3) is 0 Å². The van der Waals surface area contributed by atoms with Crippen LogP contribution in [-0.4, -0.2) is 44.7 Å². The van der Waals surface area contributed by atoms with Gasteiger partial charge in [0.15, 0.2) is 0 Å². The molecule has 0 aliphatic rings. The van der Waals surface area contributed by atoms with Crippen molar-refractivity contribution in [3.8, 4) is 0 Å². The summed E-state index contributed by atoms with van der Waals surface area (Å²) in [6.07, 6.45) is -0.336. The summed E-state index contributed by atoms with van der Waals surface area (Å²) in [6.45, 7) is 3.79. The number of halogens is 2. The number of aliphatic hydroxyl groups excluding tert-OH is 1. The first-order chi connectivity index (χ1) is 12.0. The molecule has 2 atom stereocenters. The quantitative estimate of drug-likeness (QED) is 0.459. The summed E-state index contributed by atoms with van der Waals surface area (Å²) in [7, 11) is -3.99. The molecule has 0 fully saturated rings. The van der Waals surface area contributed by atoms with E-state index in [0.29, 0.717) is 6.42 Å². The molecule has 0 radical (unpaired) electrons. The van der Waals surface area contributed by atoms with Gasteiger partial charge in [0.2, 0.25) is 15.9 Å². The lowest BCUT2D eigenvalue weighted by atomic mass is 10.0. The zero-order valence-electron chi connectivity index (χ0n) is 14.7. The fraction of sp³-hybridized carbons (Fsp3) is 0.562. The summed E-state index contributed by atoms with van der Waals surface area (Å²) in [6, 6.07) is 2.30. The molecule has 0 aromatic heterocycles. The molecule has 0 unspecified atom stereocenters. The fourth-order valence-electron chi connectivity index (χ4n) is 2.19. The molecule has 0 aliphatic carbocycles. The highest BCUT2D eigenvalue weighted by Crippen LogP contribution is 2.21. The van der Waals surface area contributed by atoms with Crippen molar-refractivity contribution in [1.29, 1.82) is 0 Å². The summed E-state index contributed by atoms with van der Waals surface area (Å²) in [5.74, 6) is -0.681. The number of rotatable bonds is 10. The van der Waals surface area contributed by atoms with Crippen molar-refractivity contribution in [2.24, 2.45) is 11.7 Å². The normalized spacial score (nSPS) is 14.3. The van der Waals surface area contributed by atoms with Gasteiger partial charge in [-0.1, -0.05) is 25.4 Å². The number of carbonyl (C=O) groups is 1. The highest BCUT2D eigenvalue weighted by atomic mass is 35.5. The average molecular weight is 410 g/mol. The van der Waals surface area contributed by atoms with E-state index < -0.39 is 28.0 Å². The van der Waals surface area contributed by atoms with Gasteiger partial charge >= 0.3 is 0 Å². The summed E-state index contributed by atoms with van der Waals surface area (Å²) >= 11 is 5.73. The number of hydrogen-bond donors (Lipinski definition) is 4. The van der Waals surface area contributed by atoms with Gasteiger partial charge in [0.05, 0.1) is 17.2 Å². The van der Waals surface area contributed by atoms with E-state index in [9.17, 15) is 22.7 Å². The Labute approximate surface area is 158 Å². The Bertz CT molecular complexity index is 715. The van der Waals surface area contributed by atoms with E-state index in [1.54, 1.807) is 0 Å². The smallest absolute Gasteiger partial charge is 0.242 e. The first-order valence-electron chi connectivity index (χ1n) is 8.19. The molecule has 148 valence electrons. The number of aliphatic hydroxyl groups is 1. The molecule has 1 rings (SSSR count). The van der Waals surface area contributed by atoms with Gasteiger partial charge in [-0.05, 0) is 37.0 Å². The third kappa shape index (κ3) is 7.55. The van der Waals surface area contributed by atoms with E-state index in [2.05, 4.69) is 10.0 Å². The van der Waals surface area contributed by atoms with E-state index in [-0.39, 0.29) is 41.3 Å². The van der Waals surface area contributed by atoms with Crippen LogP contribution in [0.15, 0.2) is 23.1 Å². The molecule has 0 heterocycles. The highest BCUT2D eigenvalue weighted by Gasteiger charge is 2.20. The van der Waals surface area contributed by atoms with Crippen LogP contribution in [-0.2, 0) is 14.8 Å². The Hall–Kier alpha value is -1.26. The lowest BCUT2D eigenvalue weighted by molar-refractivity contribution is -0.122. The van der Waals surface area contributed by atoms with E-state index in [1.165, 1.54) is 0 Å². The highest BCUT2D eigenvalue weighted by molar-refractivity contribution is 7.89. The molecule has 1 aromatic rings. The maximum absolute atomic E-state index is 13.0. The number of hydrogen-bond acceptors (Lipinski definition) is 5. The summed E-state index contributed by atoms with van der Waals surface area (Å²) < 4.78 is 39.5. The molecular formula is C16H25ClFN3O4S. The zero-order chi connectivity index (χ0) is 19.9. The van der Waals surface area contributed by atoms with Gasteiger partial charge in [0.25, 0.3) is 0 Å². The van der Waals surface area contributed by atoms with Gasteiger partial charge < -0.3 is 16.2 Å². The summed E-state index contributed by atoms with van der Waals surface area (Å²) in [5.41, 5.74) is 5.73. The Morgan fingerprint density at radius 1 is 1.38 bits per heavy atom. The molecule has 0 aliphatic heterocycles. The van der Waals surface area contributed by atoms with Crippen LogP contribution >= 0.6 is 11.6 Å². The largest absolute Gasteiger partial charge is 0.392 e. The van der Waals surface area contributed by atoms with E-state index in [4.69, 9.17) is 17.3 Å². The van der Waals surface area contributed by atoms with Gasteiger partial charge in [-0.2, -0.15) is 0 Å². The number of amides is 1. The van der Waals surface area contributed by atoms with Crippen LogP contribution in [0.2, 0.25) is 5.02 Å². The van der Waals surface area contributed by atoms with Crippen LogP contribution in [0.3, 0.4) is 0 Å². The number of sulfonamides is 1. The van der Waals surface area contributed by atoms with Gasteiger partial charge in [-0.15, -0.1) is 0 Å². The van der Waals surface area contributed by atoms with E-state index in [1.807, 2.05) is 13.8 Å². The standard InChI is InChI=1S/C16H25ClFN3O4S/c1-10(2)7-14(19)16(23)20-6-5-12(22)9-21-26(24,25)15-4-3-11(18)8-13(15)17/h3-4,8,10,12,14,21-22H,5-7,9,19H2,1-2H3,(H,20,23)/t12-,14-/m0/s1. The van der Waals surface area contributed by atoms with Crippen molar-refractivity contribution in [2.75, 3.05) is 13.1 Å². The van der Waals surface area contributed by atoms with Crippen molar-refractivity contribution >= 4 is 27.5 Å². The Morgan fingerprint density at radius 3 is 2.62 bits per heavy atom. The molecule has 5 N–H and O–H groups in total. The minimum absolute atomic E-state index is 0.139. The monoisotopic (exact) mass is 409 g/mol. The number of nitrogens with two attached hydrogens (primary N) is 1. The van der Waals surface area contributed by atoms with Crippen molar-refractivity contribution in [3.63, 3.8) is 0 Å². The van der Waals surface area contributed by atoms with E-state index >= 15 is 0 Å². The molecular weight excluding hydrogens is 385 g/mol.